The van der Waals surface area contributed by atoms with Crippen molar-refractivity contribution < 1.29 is 23.1 Å². The van der Waals surface area contributed by atoms with E-state index >= 15 is 0 Å². The van der Waals surface area contributed by atoms with Crippen LogP contribution in [0.3, 0.4) is 0 Å². The first-order valence-corrected chi connectivity index (χ1v) is 7.90. The zero-order valence-electron chi connectivity index (χ0n) is 11.8. The van der Waals surface area contributed by atoms with Crippen LogP contribution in [0.2, 0.25) is 0 Å². The van der Waals surface area contributed by atoms with Crippen LogP contribution in [0, 0.1) is 6.92 Å². The van der Waals surface area contributed by atoms with Crippen molar-refractivity contribution in [2.75, 3.05) is 11.3 Å². The third-order valence-electron chi connectivity index (χ3n) is 2.89. The van der Waals surface area contributed by atoms with E-state index in [0.29, 0.717) is 5.69 Å². The van der Waals surface area contributed by atoms with Crippen LogP contribution in [0.5, 0.6) is 5.75 Å². The number of aliphatic carboxylic acids is 1. The molecule has 0 unspecified atom stereocenters. The number of hydrogen-bond acceptors (Lipinski definition) is 4. The minimum absolute atomic E-state index is 0.0680. The molecular weight excluding hydrogens is 306 g/mol. The molecular formula is C15H15NO5S. The normalized spacial score (nSPS) is 11.0. The minimum Gasteiger partial charge on any atom is -0.482 e. The molecule has 2 N–H and O–H groups in total. The van der Waals surface area contributed by atoms with Gasteiger partial charge >= 0.3 is 5.97 Å². The lowest BCUT2D eigenvalue weighted by atomic mass is 10.2. The Morgan fingerprint density at radius 3 is 2.36 bits per heavy atom. The maximum absolute atomic E-state index is 12.3. The molecule has 0 amide bonds. The van der Waals surface area contributed by atoms with Gasteiger partial charge in [0, 0.05) is 0 Å². The van der Waals surface area contributed by atoms with Gasteiger partial charge in [-0.15, -0.1) is 0 Å². The average molecular weight is 321 g/mol. The molecule has 2 aromatic carbocycles. The number of benzene rings is 2. The number of sulfonamides is 1. The Morgan fingerprint density at radius 2 is 1.77 bits per heavy atom. The highest BCUT2D eigenvalue weighted by atomic mass is 32.2. The smallest absolute Gasteiger partial charge is 0.341 e. The van der Waals surface area contributed by atoms with Gasteiger partial charge in [-0.3, -0.25) is 4.72 Å². The van der Waals surface area contributed by atoms with E-state index in [2.05, 4.69) is 4.72 Å². The van der Waals surface area contributed by atoms with Gasteiger partial charge in [-0.1, -0.05) is 18.2 Å². The lowest BCUT2D eigenvalue weighted by molar-refractivity contribution is -0.139. The van der Waals surface area contributed by atoms with Gasteiger partial charge in [-0.2, -0.15) is 0 Å². The predicted molar refractivity (Wildman–Crippen MR) is 81.6 cm³/mol. The van der Waals surface area contributed by atoms with Crippen LogP contribution in [0.1, 0.15) is 5.56 Å². The number of aryl methyl sites for hydroxylation is 1. The fraction of sp³-hybridized carbons (Fsp3) is 0.133. The topological polar surface area (TPSA) is 92.7 Å². The van der Waals surface area contributed by atoms with E-state index in [9.17, 15) is 13.2 Å². The molecule has 0 aliphatic heterocycles. The first-order valence-electron chi connectivity index (χ1n) is 6.41. The largest absolute Gasteiger partial charge is 0.482 e. The molecule has 0 radical (unpaired) electrons. The van der Waals surface area contributed by atoms with Crippen molar-refractivity contribution >= 4 is 21.7 Å². The van der Waals surface area contributed by atoms with Crippen molar-refractivity contribution in [3.8, 4) is 5.75 Å². The van der Waals surface area contributed by atoms with Crippen molar-refractivity contribution in [3.63, 3.8) is 0 Å². The SMILES string of the molecule is Cc1ccccc1NS(=O)(=O)c1ccc(OCC(=O)O)cc1. The highest BCUT2D eigenvalue weighted by molar-refractivity contribution is 7.92. The van der Waals surface area contributed by atoms with Crippen LogP contribution >= 0.6 is 0 Å². The van der Waals surface area contributed by atoms with E-state index < -0.39 is 22.6 Å². The molecule has 0 heterocycles. The Kier molecular flexibility index (Phi) is 4.67. The zero-order valence-corrected chi connectivity index (χ0v) is 12.6. The van der Waals surface area contributed by atoms with Gasteiger partial charge in [0.05, 0.1) is 10.6 Å². The summed E-state index contributed by atoms with van der Waals surface area (Å²) < 4.78 is 32.0. The zero-order chi connectivity index (χ0) is 16.2. The fourth-order valence-corrected chi connectivity index (χ4v) is 2.88. The maximum atomic E-state index is 12.3. The summed E-state index contributed by atoms with van der Waals surface area (Å²) in [5.41, 5.74) is 1.32. The third kappa shape index (κ3) is 3.98. The quantitative estimate of drug-likeness (QED) is 0.851. The van der Waals surface area contributed by atoms with Crippen molar-refractivity contribution in [3.05, 3.63) is 54.1 Å². The molecule has 2 rings (SSSR count). The Hall–Kier alpha value is -2.54. The average Bonchev–Trinajstić information content (AvgIpc) is 2.48. The molecule has 0 aliphatic carbocycles. The number of carboxylic acid groups (broad SMARTS) is 1. The van der Waals surface area contributed by atoms with E-state index in [1.807, 2.05) is 6.07 Å². The monoisotopic (exact) mass is 321 g/mol. The summed E-state index contributed by atoms with van der Waals surface area (Å²) in [5, 5.41) is 8.52. The van der Waals surface area contributed by atoms with Crippen LogP contribution in [-0.4, -0.2) is 26.1 Å². The number of para-hydroxylation sites is 1. The second kappa shape index (κ2) is 6.48. The van der Waals surface area contributed by atoms with E-state index in [-0.39, 0.29) is 10.6 Å². The molecule has 0 saturated heterocycles. The molecule has 0 fully saturated rings. The number of carbonyl (C=O) groups is 1. The second-order valence-electron chi connectivity index (χ2n) is 4.57. The molecule has 2 aromatic rings. The van der Waals surface area contributed by atoms with E-state index in [1.165, 1.54) is 24.3 Å². The molecule has 0 aromatic heterocycles. The highest BCUT2D eigenvalue weighted by Gasteiger charge is 2.15. The first kappa shape index (κ1) is 15.8. The molecule has 22 heavy (non-hydrogen) atoms. The van der Waals surface area contributed by atoms with Gasteiger partial charge in [0.15, 0.2) is 6.61 Å². The molecule has 6 nitrogen and oxygen atoms in total. The molecule has 0 atom stereocenters. The Balaban J connectivity index is 2.16. The summed E-state index contributed by atoms with van der Waals surface area (Å²) in [6.45, 7) is 1.33. The van der Waals surface area contributed by atoms with Crippen molar-refractivity contribution in [1.29, 1.82) is 0 Å². The molecule has 0 spiro atoms. The van der Waals surface area contributed by atoms with E-state index in [4.69, 9.17) is 9.84 Å². The number of carboxylic acids is 1. The highest BCUT2D eigenvalue weighted by Crippen LogP contribution is 2.21. The Labute approximate surface area is 128 Å². The number of hydrogen-bond donors (Lipinski definition) is 2. The van der Waals surface area contributed by atoms with E-state index in [0.717, 1.165) is 5.56 Å². The van der Waals surface area contributed by atoms with Gasteiger partial charge in [0.2, 0.25) is 0 Å². The van der Waals surface area contributed by atoms with Gasteiger partial charge in [0.1, 0.15) is 5.75 Å². The maximum Gasteiger partial charge on any atom is 0.341 e. The Bertz CT molecular complexity index is 769. The standard InChI is InChI=1S/C15H15NO5S/c1-11-4-2-3-5-14(11)16-22(19,20)13-8-6-12(7-9-13)21-10-15(17)18/h2-9,16H,10H2,1H3,(H,17,18). The van der Waals surface area contributed by atoms with Gasteiger partial charge in [0.25, 0.3) is 10.0 Å². The summed E-state index contributed by atoms with van der Waals surface area (Å²) in [6, 6.07) is 12.6. The number of ether oxygens (including phenoxy) is 1. The summed E-state index contributed by atoms with van der Waals surface area (Å²) in [4.78, 5) is 10.5. The molecule has 7 heteroatoms. The van der Waals surface area contributed by atoms with Crippen molar-refractivity contribution in [2.24, 2.45) is 0 Å². The van der Waals surface area contributed by atoms with E-state index in [1.54, 1.807) is 25.1 Å². The van der Waals surface area contributed by atoms with Crippen LogP contribution in [0.25, 0.3) is 0 Å². The molecule has 116 valence electrons. The number of nitrogens with one attached hydrogen (secondary N) is 1. The predicted octanol–water partition coefficient (Wildman–Crippen LogP) is 2.26. The lowest BCUT2D eigenvalue weighted by Gasteiger charge is -2.11. The van der Waals surface area contributed by atoms with Crippen LogP contribution in [0.15, 0.2) is 53.4 Å². The van der Waals surface area contributed by atoms with Crippen LogP contribution in [0.4, 0.5) is 5.69 Å². The lowest BCUT2D eigenvalue weighted by Crippen LogP contribution is -2.14. The second-order valence-corrected chi connectivity index (χ2v) is 6.26. The van der Waals surface area contributed by atoms with Crippen LogP contribution < -0.4 is 9.46 Å². The number of rotatable bonds is 6. The van der Waals surface area contributed by atoms with Crippen LogP contribution in [-0.2, 0) is 14.8 Å². The minimum atomic E-state index is -3.71. The molecule has 0 aliphatic rings. The van der Waals surface area contributed by atoms with Gasteiger partial charge in [-0.05, 0) is 42.8 Å². The van der Waals surface area contributed by atoms with Crippen molar-refractivity contribution in [1.82, 2.24) is 0 Å². The summed E-state index contributed by atoms with van der Waals surface area (Å²) in [5.74, 6) is -0.810. The number of anilines is 1. The van der Waals surface area contributed by atoms with Gasteiger partial charge in [-0.25, -0.2) is 13.2 Å². The Morgan fingerprint density at radius 1 is 1.14 bits per heavy atom. The molecule has 0 saturated carbocycles. The van der Waals surface area contributed by atoms with Crippen molar-refractivity contribution in [2.45, 2.75) is 11.8 Å². The first-order chi connectivity index (χ1) is 10.4. The van der Waals surface area contributed by atoms with Gasteiger partial charge < -0.3 is 9.84 Å². The fourth-order valence-electron chi connectivity index (χ4n) is 1.75. The summed E-state index contributed by atoms with van der Waals surface area (Å²) in [7, 11) is -3.71. The summed E-state index contributed by atoms with van der Waals surface area (Å²) >= 11 is 0. The summed E-state index contributed by atoms with van der Waals surface area (Å²) in [6.07, 6.45) is 0. The molecule has 0 bridgehead atoms. The third-order valence-corrected chi connectivity index (χ3v) is 4.27.